The average Bonchev–Trinajstić information content (AvgIpc) is 3.03. The molecule has 3 aliphatic rings. The quantitative estimate of drug-likeness (QED) is 0.333. The van der Waals surface area contributed by atoms with Crippen LogP contribution in [0.15, 0.2) is 23.7 Å². The molecule has 2 fully saturated rings. The summed E-state index contributed by atoms with van der Waals surface area (Å²) in [7, 11) is 1.47. The lowest BCUT2D eigenvalue weighted by atomic mass is 9.83. The van der Waals surface area contributed by atoms with Crippen LogP contribution in [0.5, 0.6) is 0 Å². The SMILES string of the molecule is C/C(=C\B1OC(C)(C)C(C)(C)O1)[C@H]1OC(=O)C[C@H](O)CC[C@H](C)[C@@H](OC(=O)N2CCN(C)CC2)/C=C/[C@@H]1C. The molecule has 0 spiro atoms. The van der Waals surface area contributed by atoms with Crippen molar-refractivity contribution in [2.24, 2.45) is 11.8 Å². The van der Waals surface area contributed by atoms with Gasteiger partial charge in [-0.05, 0) is 72.1 Å². The minimum atomic E-state index is -0.828. The molecule has 0 aromatic heterocycles. The van der Waals surface area contributed by atoms with Gasteiger partial charge < -0.3 is 33.7 Å². The Hall–Kier alpha value is -1.88. The lowest BCUT2D eigenvalue weighted by molar-refractivity contribution is -0.151. The van der Waals surface area contributed by atoms with E-state index in [-0.39, 0.29) is 24.3 Å². The average molecular weight is 535 g/mol. The molecule has 5 atom stereocenters. The Bertz CT molecular complexity index is 882. The van der Waals surface area contributed by atoms with E-state index in [4.69, 9.17) is 18.8 Å². The molecular weight excluding hydrogens is 487 g/mol. The molecule has 10 heteroatoms. The molecule has 38 heavy (non-hydrogen) atoms. The van der Waals surface area contributed by atoms with Gasteiger partial charge in [-0.25, -0.2) is 4.79 Å². The Morgan fingerprint density at radius 3 is 2.29 bits per heavy atom. The Labute approximate surface area is 228 Å². The van der Waals surface area contributed by atoms with Crippen molar-refractivity contribution in [3.05, 3.63) is 23.7 Å². The van der Waals surface area contributed by atoms with E-state index in [1.54, 1.807) is 4.90 Å². The fraction of sp³-hybridized carbons (Fsp3) is 0.786. The molecule has 1 N–H and O–H groups in total. The molecule has 2 saturated heterocycles. The smallest absolute Gasteiger partial charge is 0.457 e. The Kier molecular flexibility index (Phi) is 10.1. The van der Waals surface area contributed by atoms with Crippen LogP contribution >= 0.6 is 0 Å². The number of cyclic esters (lactones) is 1. The number of aliphatic hydroxyl groups is 1. The largest absolute Gasteiger partial charge is 0.487 e. The van der Waals surface area contributed by atoms with E-state index in [0.717, 1.165) is 18.7 Å². The molecule has 0 aliphatic carbocycles. The first kappa shape index (κ1) is 30.7. The third kappa shape index (κ3) is 7.84. The number of hydrogen-bond donors (Lipinski definition) is 1. The van der Waals surface area contributed by atoms with Crippen LogP contribution < -0.4 is 0 Å². The maximum Gasteiger partial charge on any atom is 0.487 e. The summed E-state index contributed by atoms with van der Waals surface area (Å²) in [5.74, 6) is 1.16. The number of carbonyl (C=O) groups excluding carboxylic acids is 2. The van der Waals surface area contributed by atoms with Gasteiger partial charge in [0.05, 0.1) is 23.7 Å². The van der Waals surface area contributed by atoms with Gasteiger partial charge in [0, 0.05) is 32.1 Å². The molecule has 214 valence electrons. The van der Waals surface area contributed by atoms with Crippen molar-refractivity contribution in [3.63, 3.8) is 0 Å². The van der Waals surface area contributed by atoms with Crippen molar-refractivity contribution in [2.75, 3.05) is 33.2 Å². The standard InChI is InChI=1S/C28H47BN2O7/c1-19-9-11-22(32)17-24(33)36-25(21(3)18-29-37-27(4,5)28(6,7)38-29)20(2)10-12-23(19)35-26(34)31-15-13-30(8)14-16-31/h10,12,18-20,22-23,25,32H,9,11,13-17H2,1-8H3/b12-10+,21-18+/t19-,20-,22+,23-,25-/m0/s1. The van der Waals surface area contributed by atoms with Crippen LogP contribution in [0.2, 0.25) is 0 Å². The predicted octanol–water partition coefficient (Wildman–Crippen LogP) is 3.60. The molecule has 9 nitrogen and oxygen atoms in total. The fourth-order valence-corrected chi connectivity index (χ4v) is 4.90. The van der Waals surface area contributed by atoms with Crippen LogP contribution in [0, 0.1) is 11.8 Å². The number of carbonyl (C=O) groups is 2. The van der Waals surface area contributed by atoms with Gasteiger partial charge in [-0.1, -0.05) is 25.9 Å². The summed E-state index contributed by atoms with van der Waals surface area (Å²) >= 11 is 0. The molecule has 0 aromatic rings. The number of hydrogen-bond acceptors (Lipinski definition) is 8. The van der Waals surface area contributed by atoms with Crippen LogP contribution in [0.3, 0.4) is 0 Å². The zero-order valence-corrected chi connectivity index (χ0v) is 24.4. The van der Waals surface area contributed by atoms with Gasteiger partial charge in [0.1, 0.15) is 12.2 Å². The lowest BCUT2D eigenvalue weighted by Gasteiger charge is -2.33. The van der Waals surface area contributed by atoms with Crippen LogP contribution in [0.1, 0.15) is 67.7 Å². The summed E-state index contributed by atoms with van der Waals surface area (Å²) in [5.41, 5.74) is -0.172. The summed E-state index contributed by atoms with van der Waals surface area (Å²) in [6.07, 6.45) is 2.60. The van der Waals surface area contributed by atoms with Gasteiger partial charge in [-0.15, -0.1) is 0 Å². The number of rotatable bonds is 3. The highest BCUT2D eigenvalue weighted by Gasteiger charge is 2.50. The van der Waals surface area contributed by atoms with Crippen molar-refractivity contribution >= 4 is 19.2 Å². The van der Waals surface area contributed by atoms with E-state index in [1.165, 1.54) is 0 Å². The highest BCUT2D eigenvalue weighted by molar-refractivity contribution is 6.51. The third-order valence-electron chi connectivity index (χ3n) is 8.38. The second-order valence-corrected chi connectivity index (χ2v) is 12.2. The maximum absolute atomic E-state index is 12.9. The number of ether oxygens (including phenoxy) is 2. The lowest BCUT2D eigenvalue weighted by Crippen LogP contribution is -2.48. The van der Waals surface area contributed by atoms with Crippen molar-refractivity contribution < 1.29 is 33.5 Å². The van der Waals surface area contributed by atoms with Crippen LogP contribution in [0.4, 0.5) is 4.79 Å². The zero-order chi connectivity index (χ0) is 28.3. The van der Waals surface area contributed by atoms with Gasteiger partial charge in [0.15, 0.2) is 0 Å². The van der Waals surface area contributed by atoms with E-state index in [2.05, 4.69) is 4.90 Å². The van der Waals surface area contributed by atoms with Crippen LogP contribution in [0.25, 0.3) is 0 Å². The molecular formula is C28H47BN2O7. The van der Waals surface area contributed by atoms with Gasteiger partial charge in [-0.2, -0.15) is 0 Å². The normalized spacial score (nSPS) is 34.2. The first-order chi connectivity index (χ1) is 17.7. The monoisotopic (exact) mass is 534 g/mol. The summed E-state index contributed by atoms with van der Waals surface area (Å²) in [5, 5.41) is 10.5. The highest BCUT2D eigenvalue weighted by atomic mass is 16.7. The molecule has 1 amide bonds. The fourth-order valence-electron chi connectivity index (χ4n) is 4.90. The summed E-state index contributed by atoms with van der Waals surface area (Å²) in [6, 6.07) is 0. The van der Waals surface area contributed by atoms with Crippen LogP contribution in [-0.2, 0) is 23.6 Å². The molecule has 3 heterocycles. The molecule has 0 bridgehead atoms. The van der Waals surface area contributed by atoms with E-state index in [9.17, 15) is 14.7 Å². The summed E-state index contributed by atoms with van der Waals surface area (Å²) < 4.78 is 24.1. The van der Waals surface area contributed by atoms with E-state index < -0.39 is 42.6 Å². The van der Waals surface area contributed by atoms with Crippen molar-refractivity contribution in [1.29, 1.82) is 0 Å². The van der Waals surface area contributed by atoms with E-state index in [0.29, 0.717) is 25.9 Å². The van der Waals surface area contributed by atoms with Crippen molar-refractivity contribution in [2.45, 2.75) is 97.2 Å². The van der Waals surface area contributed by atoms with Gasteiger partial charge in [0.25, 0.3) is 0 Å². The number of nitrogens with zero attached hydrogens (tertiary/aromatic N) is 2. The first-order valence-electron chi connectivity index (χ1n) is 13.9. The van der Waals surface area contributed by atoms with Gasteiger partial charge in [-0.3, -0.25) is 4.79 Å². The number of aliphatic hydroxyl groups excluding tert-OH is 1. The number of amides is 1. The van der Waals surface area contributed by atoms with Gasteiger partial charge in [0.2, 0.25) is 0 Å². The van der Waals surface area contributed by atoms with Gasteiger partial charge >= 0.3 is 19.2 Å². The number of piperazine rings is 1. The predicted molar refractivity (Wildman–Crippen MR) is 146 cm³/mol. The summed E-state index contributed by atoms with van der Waals surface area (Å²) in [4.78, 5) is 29.6. The third-order valence-corrected chi connectivity index (χ3v) is 8.38. The van der Waals surface area contributed by atoms with Crippen molar-refractivity contribution in [3.8, 4) is 0 Å². The first-order valence-corrected chi connectivity index (χ1v) is 13.9. The number of likely N-dealkylation sites (N-methyl/N-ethyl adjacent to an activating group) is 1. The molecule has 0 radical (unpaired) electrons. The minimum absolute atomic E-state index is 0.0280. The summed E-state index contributed by atoms with van der Waals surface area (Å²) in [6.45, 7) is 16.7. The topological polar surface area (TPSA) is 97.8 Å². The van der Waals surface area contributed by atoms with E-state index in [1.807, 2.05) is 73.6 Å². The Morgan fingerprint density at radius 2 is 1.68 bits per heavy atom. The minimum Gasteiger partial charge on any atom is -0.457 e. The molecule has 3 aliphatic heterocycles. The molecule has 3 rings (SSSR count). The maximum atomic E-state index is 12.9. The second kappa shape index (κ2) is 12.5. The highest BCUT2D eigenvalue weighted by Crippen LogP contribution is 2.37. The Balaban J connectivity index is 1.80. The Morgan fingerprint density at radius 1 is 1.08 bits per heavy atom. The van der Waals surface area contributed by atoms with Crippen LogP contribution in [-0.4, -0.2) is 96.8 Å². The molecule has 0 saturated carbocycles. The molecule has 0 aromatic carbocycles. The molecule has 0 unspecified atom stereocenters. The number of esters is 1. The van der Waals surface area contributed by atoms with Crippen molar-refractivity contribution in [1.82, 2.24) is 9.80 Å². The second-order valence-electron chi connectivity index (χ2n) is 12.2. The van der Waals surface area contributed by atoms with E-state index >= 15 is 0 Å². The zero-order valence-electron chi connectivity index (χ0n) is 24.4.